The first-order valence-corrected chi connectivity index (χ1v) is 4.51. The summed E-state index contributed by atoms with van der Waals surface area (Å²) in [5.74, 6) is 0. The zero-order chi connectivity index (χ0) is 7.68. The van der Waals surface area contributed by atoms with Crippen LogP contribution in [0.4, 0.5) is 0 Å². The van der Waals surface area contributed by atoms with Crippen LogP contribution in [0.1, 0.15) is 0 Å². The van der Waals surface area contributed by atoms with Crippen LogP contribution in [0.25, 0.3) is 10.8 Å². The van der Waals surface area contributed by atoms with Crippen molar-refractivity contribution < 1.29 is 18.9 Å². The third kappa shape index (κ3) is 2.04. The van der Waals surface area contributed by atoms with Crippen LogP contribution in [0.2, 0.25) is 0 Å². The van der Waals surface area contributed by atoms with Crippen molar-refractivity contribution in [3.8, 4) is 0 Å². The molecule has 0 nitrogen and oxygen atoms in total. The average molecular weight is 260 g/mol. The van der Waals surface area contributed by atoms with Crippen LogP contribution < -0.4 is 18.9 Å². The van der Waals surface area contributed by atoms with E-state index in [0.717, 1.165) is 0 Å². The zero-order valence-electron chi connectivity index (χ0n) is 6.84. The molecule has 2 heteroatoms. The fourth-order valence-corrected chi connectivity index (χ4v) is 1.56. The van der Waals surface area contributed by atoms with Crippen molar-refractivity contribution in [3.05, 3.63) is 46.0 Å². The van der Waals surface area contributed by atoms with Gasteiger partial charge in [-0.15, -0.1) is 41.1 Å². The van der Waals surface area contributed by atoms with Gasteiger partial charge in [-0.2, -0.15) is 0 Å². The van der Waals surface area contributed by atoms with Crippen molar-refractivity contribution in [1.82, 2.24) is 0 Å². The molecule has 0 unspecified atom stereocenters. The summed E-state index contributed by atoms with van der Waals surface area (Å²) in [6.07, 6.45) is 0. The van der Waals surface area contributed by atoms with E-state index in [9.17, 15) is 0 Å². The number of hydrogen-bond acceptors (Lipinski definition) is 0. The third-order valence-electron chi connectivity index (χ3n) is 1.62. The second kappa shape index (κ2) is 4.32. The van der Waals surface area contributed by atoms with Crippen molar-refractivity contribution in [1.29, 1.82) is 0 Å². The second-order valence-corrected chi connectivity index (χ2v) is 3.56. The standard InChI is InChI=1S/C10H6I.Li/c11-10-6-5-8-3-1-2-4-9(8)7-10;/h1-6H;/q-1;+1. The Morgan fingerprint density at radius 3 is 2.58 bits per heavy atom. The predicted octanol–water partition coefficient (Wildman–Crippen LogP) is 0.249. The normalized spacial score (nSPS) is 9.42. The Bertz CT molecular complexity index is 384. The minimum absolute atomic E-state index is 0. The van der Waals surface area contributed by atoms with E-state index in [1.807, 2.05) is 12.1 Å². The zero-order valence-corrected chi connectivity index (χ0v) is 9.00. The van der Waals surface area contributed by atoms with Crippen molar-refractivity contribution in [2.45, 2.75) is 0 Å². The van der Waals surface area contributed by atoms with E-state index in [-0.39, 0.29) is 18.9 Å². The number of benzene rings is 2. The summed E-state index contributed by atoms with van der Waals surface area (Å²) >= 11 is 2.27. The Hall–Kier alpha value is 0.0274. The summed E-state index contributed by atoms with van der Waals surface area (Å²) in [6, 6.07) is 15.7. The van der Waals surface area contributed by atoms with Gasteiger partial charge in [-0.3, -0.25) is 0 Å². The van der Waals surface area contributed by atoms with E-state index in [1.54, 1.807) is 0 Å². The van der Waals surface area contributed by atoms with Gasteiger partial charge in [-0.1, -0.05) is 38.3 Å². The molecule has 0 aliphatic rings. The summed E-state index contributed by atoms with van der Waals surface area (Å²) in [5.41, 5.74) is 0. The molecule has 0 atom stereocenters. The average Bonchev–Trinajstić information content (AvgIpc) is 2.04. The van der Waals surface area contributed by atoms with Gasteiger partial charge in [0.05, 0.1) is 0 Å². The maximum absolute atomic E-state index is 3.28. The molecule has 2 rings (SSSR count). The first-order chi connectivity index (χ1) is 5.36. The minimum Gasteiger partial charge on any atom is -0.142 e. The van der Waals surface area contributed by atoms with Gasteiger partial charge in [0, 0.05) is 0 Å². The molecular formula is C10H6ILi. The van der Waals surface area contributed by atoms with Crippen molar-refractivity contribution in [2.75, 3.05) is 0 Å². The van der Waals surface area contributed by atoms with Gasteiger partial charge in [-0.05, 0) is 0 Å². The summed E-state index contributed by atoms with van der Waals surface area (Å²) in [5, 5.41) is 2.45. The molecule has 0 bridgehead atoms. The number of hydrogen-bond donors (Lipinski definition) is 0. The summed E-state index contributed by atoms with van der Waals surface area (Å²) in [6.45, 7) is 0. The quantitative estimate of drug-likeness (QED) is 0.362. The molecule has 0 spiro atoms. The monoisotopic (exact) mass is 260 g/mol. The molecule has 0 saturated carbocycles. The van der Waals surface area contributed by atoms with Crippen LogP contribution in [-0.4, -0.2) is 0 Å². The third-order valence-corrected chi connectivity index (χ3v) is 2.25. The van der Waals surface area contributed by atoms with Crippen molar-refractivity contribution in [3.63, 3.8) is 0 Å². The van der Waals surface area contributed by atoms with Crippen LogP contribution >= 0.6 is 22.6 Å². The van der Waals surface area contributed by atoms with Crippen LogP contribution in [0.15, 0.2) is 36.4 Å². The smallest absolute Gasteiger partial charge is 0.142 e. The van der Waals surface area contributed by atoms with Crippen LogP contribution in [0.5, 0.6) is 0 Å². The van der Waals surface area contributed by atoms with Crippen molar-refractivity contribution in [2.24, 2.45) is 0 Å². The van der Waals surface area contributed by atoms with Gasteiger partial charge in [0.2, 0.25) is 0 Å². The molecule has 0 N–H and O–H groups in total. The fourth-order valence-electron chi connectivity index (χ4n) is 1.09. The summed E-state index contributed by atoms with van der Waals surface area (Å²) in [4.78, 5) is 0. The Labute approximate surface area is 97.7 Å². The Kier molecular flexibility index (Phi) is 3.64. The molecule has 0 heterocycles. The van der Waals surface area contributed by atoms with Crippen LogP contribution in [-0.2, 0) is 0 Å². The number of rotatable bonds is 0. The van der Waals surface area contributed by atoms with Gasteiger partial charge in [-0.25, -0.2) is 0 Å². The van der Waals surface area contributed by atoms with E-state index in [1.165, 1.54) is 14.3 Å². The molecule has 2 aromatic rings. The Morgan fingerprint density at radius 2 is 1.75 bits per heavy atom. The second-order valence-electron chi connectivity index (χ2n) is 2.39. The van der Waals surface area contributed by atoms with Gasteiger partial charge in [0.1, 0.15) is 0 Å². The molecule has 0 saturated heterocycles. The summed E-state index contributed by atoms with van der Waals surface area (Å²) < 4.78 is 1.17. The molecule has 0 aliphatic carbocycles. The SMILES string of the molecule is Ic1[c-]c2ccccc2cc1.[Li+]. The van der Waals surface area contributed by atoms with Crippen molar-refractivity contribution >= 4 is 33.4 Å². The van der Waals surface area contributed by atoms with E-state index in [0.29, 0.717) is 0 Å². The Balaban J connectivity index is 0.000000720. The molecule has 0 radical (unpaired) electrons. The van der Waals surface area contributed by atoms with E-state index in [4.69, 9.17) is 0 Å². The number of halogens is 1. The minimum atomic E-state index is 0. The molecular weight excluding hydrogens is 254 g/mol. The molecule has 0 fully saturated rings. The van der Waals surface area contributed by atoms with E-state index in [2.05, 4.69) is 52.9 Å². The number of fused-ring (bicyclic) bond motifs is 1. The first-order valence-electron chi connectivity index (χ1n) is 3.43. The first kappa shape index (κ1) is 10.1. The molecule has 0 aliphatic heterocycles. The largest absolute Gasteiger partial charge is 1.00 e. The molecule has 0 amide bonds. The summed E-state index contributed by atoms with van der Waals surface area (Å²) in [7, 11) is 0. The molecule has 2 aromatic carbocycles. The molecule has 0 aromatic heterocycles. The van der Waals surface area contributed by atoms with Gasteiger partial charge >= 0.3 is 18.9 Å². The van der Waals surface area contributed by atoms with Gasteiger partial charge < -0.3 is 0 Å². The molecule has 12 heavy (non-hydrogen) atoms. The maximum atomic E-state index is 3.28. The molecule has 54 valence electrons. The topological polar surface area (TPSA) is 0 Å². The fraction of sp³-hybridized carbons (Fsp3) is 0. The van der Waals surface area contributed by atoms with Crippen LogP contribution in [0, 0.1) is 9.64 Å². The van der Waals surface area contributed by atoms with E-state index < -0.39 is 0 Å². The Morgan fingerprint density at radius 1 is 1.00 bits per heavy atom. The van der Waals surface area contributed by atoms with E-state index >= 15 is 0 Å². The van der Waals surface area contributed by atoms with Crippen LogP contribution in [0.3, 0.4) is 0 Å². The van der Waals surface area contributed by atoms with Gasteiger partial charge in [0.15, 0.2) is 0 Å². The maximum Gasteiger partial charge on any atom is 1.00 e. The predicted molar refractivity (Wildman–Crippen MR) is 55.5 cm³/mol. The van der Waals surface area contributed by atoms with Gasteiger partial charge in [0.25, 0.3) is 0 Å².